The Balaban J connectivity index is 2.96. The van der Waals surface area contributed by atoms with Crippen molar-refractivity contribution in [2.75, 3.05) is 13.1 Å². The molecule has 0 spiro atoms. The monoisotopic (exact) mass is 271 g/mol. The van der Waals surface area contributed by atoms with Crippen molar-refractivity contribution in [3.05, 3.63) is 29.8 Å². The molecule has 0 heterocycles. The number of carbonyl (C=O) groups is 1. The molecule has 1 aromatic carbocycles. The molecule has 4 N–H and O–H groups in total. The third kappa shape index (κ3) is 6.79. The molecule has 0 aliphatic carbocycles. The van der Waals surface area contributed by atoms with Crippen LogP contribution in [0.1, 0.15) is 26.3 Å². The summed E-state index contributed by atoms with van der Waals surface area (Å²) in [6.45, 7) is -2.62. The van der Waals surface area contributed by atoms with Crippen LogP contribution in [0.3, 0.4) is 0 Å². The van der Waals surface area contributed by atoms with E-state index < -0.39 is 31.1 Å². The van der Waals surface area contributed by atoms with Gasteiger partial charge >= 0.3 is 0 Å². The maximum absolute atomic E-state index is 10.8. The smallest absolute Gasteiger partial charge is 0.221 e. The van der Waals surface area contributed by atoms with Crippen LogP contribution in [0.2, 0.25) is 0 Å². The van der Waals surface area contributed by atoms with Gasteiger partial charge in [-0.3, -0.25) is 4.79 Å². The zero-order valence-electron chi connectivity index (χ0n) is 15.9. The van der Waals surface area contributed by atoms with Gasteiger partial charge in [0.25, 0.3) is 0 Å². The Hall–Kier alpha value is -1.59. The summed E-state index contributed by atoms with van der Waals surface area (Å²) in [5.74, 6) is -0.549. The summed E-state index contributed by atoms with van der Waals surface area (Å²) in [6, 6.07) is 5.23. The maximum atomic E-state index is 10.8. The summed E-state index contributed by atoms with van der Waals surface area (Å²) in [7, 11) is 0. The van der Waals surface area contributed by atoms with E-state index in [-0.39, 0.29) is 12.2 Å². The molecule has 5 heteroatoms. The number of hydrogen-bond donors (Lipinski definition) is 3. The quantitative estimate of drug-likeness (QED) is 0.641. The minimum Gasteiger partial charge on any atom is -0.491 e. The lowest BCUT2D eigenvalue weighted by Gasteiger charge is -2.15. The molecule has 0 aromatic heterocycles. The molecule has 0 aliphatic rings. The highest BCUT2D eigenvalue weighted by Gasteiger charge is 2.06. The van der Waals surface area contributed by atoms with E-state index >= 15 is 0 Å². The largest absolute Gasteiger partial charge is 0.491 e. The van der Waals surface area contributed by atoms with E-state index in [0.29, 0.717) is 5.56 Å². The third-order valence-electron chi connectivity index (χ3n) is 2.05. The van der Waals surface area contributed by atoms with E-state index in [1.165, 1.54) is 24.3 Å². The molecule has 0 saturated heterocycles. The van der Waals surface area contributed by atoms with Gasteiger partial charge in [-0.25, -0.2) is 0 Å². The Bertz CT molecular complexity index is 576. The highest BCUT2D eigenvalue weighted by Crippen LogP contribution is 2.12. The van der Waals surface area contributed by atoms with Crippen molar-refractivity contribution in [2.24, 2.45) is 5.73 Å². The van der Waals surface area contributed by atoms with Gasteiger partial charge in [-0.2, -0.15) is 0 Å². The fourth-order valence-corrected chi connectivity index (χ4v) is 1.22. The van der Waals surface area contributed by atoms with Gasteiger partial charge in [-0.1, -0.05) is 26.0 Å². The number of benzene rings is 1. The first kappa shape index (κ1) is 9.34. The first-order valence-electron chi connectivity index (χ1n) is 8.35. The minimum atomic E-state index is -3.23. The highest BCUT2D eigenvalue weighted by atomic mass is 16.5. The lowest BCUT2D eigenvalue weighted by atomic mass is 10.1. The van der Waals surface area contributed by atoms with Crippen molar-refractivity contribution < 1.29 is 21.5 Å². The Morgan fingerprint density at radius 3 is 2.68 bits per heavy atom. The normalized spacial score (nSPS) is 19.5. The van der Waals surface area contributed by atoms with Crippen molar-refractivity contribution in [2.45, 2.75) is 32.4 Å². The Morgan fingerprint density at radius 1 is 1.53 bits per heavy atom. The molecule has 0 bridgehead atoms. The van der Waals surface area contributed by atoms with E-state index in [0.717, 1.165) is 0 Å². The van der Waals surface area contributed by atoms with Gasteiger partial charge in [-0.15, -0.1) is 0 Å². The van der Waals surface area contributed by atoms with Gasteiger partial charge in [0.05, 0.1) is 10.5 Å². The zero-order valence-corrected chi connectivity index (χ0v) is 10.9. The van der Waals surface area contributed by atoms with Crippen LogP contribution in [0, 0.1) is 0 Å². The number of ether oxygens (including phenoxy) is 1. The van der Waals surface area contributed by atoms with E-state index in [9.17, 15) is 9.90 Å². The van der Waals surface area contributed by atoms with Gasteiger partial charge in [0.2, 0.25) is 5.91 Å². The summed E-state index contributed by atoms with van der Waals surface area (Å²) in [6.07, 6.45) is -3.22. The second kappa shape index (κ2) is 7.76. The first-order chi connectivity index (χ1) is 10.8. The van der Waals surface area contributed by atoms with Crippen LogP contribution in [0.5, 0.6) is 5.75 Å². The molecule has 0 saturated carbocycles. The molecule has 0 fully saturated rings. The Morgan fingerprint density at radius 2 is 2.16 bits per heavy atom. The van der Waals surface area contributed by atoms with Crippen molar-refractivity contribution in [3.8, 4) is 5.75 Å². The fourth-order valence-electron chi connectivity index (χ4n) is 1.22. The highest BCUT2D eigenvalue weighted by molar-refractivity contribution is 5.76. The second-order valence-corrected chi connectivity index (χ2v) is 4.26. The number of amides is 1. The predicted octanol–water partition coefficient (Wildman–Crippen LogP) is 0.452. The Kier molecular flexibility index (Phi) is 3.81. The van der Waals surface area contributed by atoms with E-state index in [1.54, 1.807) is 13.8 Å². The van der Waals surface area contributed by atoms with Crippen LogP contribution in [0.4, 0.5) is 0 Å². The van der Waals surface area contributed by atoms with Crippen LogP contribution >= 0.6 is 0 Å². The van der Waals surface area contributed by atoms with E-state index in [1.807, 2.05) is 0 Å². The summed E-state index contributed by atoms with van der Waals surface area (Å²) in [5.41, 5.74) is 5.66. The number of nitrogens with two attached hydrogens (primary N) is 1. The molecule has 1 atom stereocenters. The van der Waals surface area contributed by atoms with Crippen molar-refractivity contribution >= 4 is 5.91 Å². The summed E-state index contributed by atoms with van der Waals surface area (Å²) in [5, 5.41) is 12.4. The maximum Gasteiger partial charge on any atom is 0.221 e. The van der Waals surface area contributed by atoms with Gasteiger partial charge in [0.15, 0.2) is 0 Å². The molecule has 0 radical (unpaired) electrons. The molecule has 106 valence electrons. The first-order valence-corrected chi connectivity index (χ1v) is 5.85. The van der Waals surface area contributed by atoms with Crippen molar-refractivity contribution in [1.82, 2.24) is 5.32 Å². The molecule has 19 heavy (non-hydrogen) atoms. The summed E-state index contributed by atoms with van der Waals surface area (Å²) >= 11 is 0. The number of hydrogen-bond acceptors (Lipinski definition) is 4. The molecule has 1 rings (SSSR count). The molecular weight excluding hydrogens is 244 g/mol. The number of nitrogens with one attached hydrogen (secondary N) is 1. The standard InChI is InChI=1S/C14H22N2O3/c1-10(2)16-8-12(17)9-19-13-5-3-11(4-6-13)7-14(15)18/h3-6,10,12,16-17H,7-9H2,1-2H3,(H2,15,18)/i8D2,9D2,12D. The third-order valence-corrected chi connectivity index (χ3v) is 2.05. The topological polar surface area (TPSA) is 84.6 Å². The fraction of sp³-hybridized carbons (Fsp3) is 0.500. The van der Waals surface area contributed by atoms with Crippen LogP contribution in [0.25, 0.3) is 0 Å². The van der Waals surface area contributed by atoms with Crippen molar-refractivity contribution in [1.29, 1.82) is 0 Å². The molecule has 1 amide bonds. The molecule has 5 nitrogen and oxygen atoms in total. The lowest BCUT2D eigenvalue weighted by Crippen LogP contribution is -2.35. The zero-order chi connectivity index (χ0) is 18.8. The van der Waals surface area contributed by atoms with Gasteiger partial charge in [0, 0.05) is 15.3 Å². The molecule has 0 aliphatic heterocycles. The average molecular weight is 271 g/mol. The number of primary amides is 1. The van der Waals surface area contributed by atoms with Crippen LogP contribution in [0.15, 0.2) is 24.3 Å². The predicted molar refractivity (Wildman–Crippen MR) is 74.0 cm³/mol. The van der Waals surface area contributed by atoms with Crippen molar-refractivity contribution in [3.63, 3.8) is 0 Å². The van der Waals surface area contributed by atoms with Gasteiger partial charge in [-0.05, 0) is 17.7 Å². The lowest BCUT2D eigenvalue weighted by molar-refractivity contribution is -0.117. The minimum absolute atomic E-state index is 0.0103. The van der Waals surface area contributed by atoms with Crippen LogP contribution in [-0.4, -0.2) is 36.2 Å². The second-order valence-electron chi connectivity index (χ2n) is 4.26. The number of carbonyl (C=O) groups excluding carboxylic acids is 1. The Labute approximate surface area is 120 Å². The van der Waals surface area contributed by atoms with Crippen LogP contribution < -0.4 is 15.8 Å². The summed E-state index contributed by atoms with van der Waals surface area (Å²) < 4.78 is 43.8. The number of aliphatic hydroxyl groups is 1. The van der Waals surface area contributed by atoms with E-state index in [4.69, 9.17) is 17.3 Å². The molecule has 1 unspecified atom stereocenters. The summed E-state index contributed by atoms with van der Waals surface area (Å²) in [4.78, 5) is 10.8. The molecular formula is C14H22N2O3. The average Bonchev–Trinajstić information content (AvgIpc) is 2.38. The van der Waals surface area contributed by atoms with Crippen LogP contribution in [-0.2, 0) is 11.2 Å². The van der Waals surface area contributed by atoms with Gasteiger partial charge in [0.1, 0.15) is 18.4 Å². The van der Waals surface area contributed by atoms with E-state index in [2.05, 4.69) is 5.32 Å². The number of rotatable bonds is 8. The van der Waals surface area contributed by atoms with Gasteiger partial charge < -0.3 is 20.9 Å². The SMILES string of the molecule is [2H]C([2H])(NC(C)C)C([2H])(O)C([2H])([2H])Oc1ccc(CC(N)=O)cc1. The molecule has 1 aromatic rings.